The summed E-state index contributed by atoms with van der Waals surface area (Å²) in [5, 5.41) is 10.9. The molecule has 0 fully saturated rings. The fraction of sp³-hybridized carbons (Fsp3) is 0.381. The highest BCUT2D eigenvalue weighted by atomic mass is 32.2. The van der Waals surface area contributed by atoms with E-state index in [4.69, 9.17) is 4.74 Å². The summed E-state index contributed by atoms with van der Waals surface area (Å²) in [6.45, 7) is 5.93. The number of hydrogen-bond donors (Lipinski definition) is 0. The van der Waals surface area contributed by atoms with Gasteiger partial charge in [0.2, 0.25) is 0 Å². The number of aryl methyl sites for hydroxylation is 3. The maximum Gasteiger partial charge on any atom is 0.319 e. The smallest absolute Gasteiger partial charge is 0.319 e. The number of hydrogen-bond acceptors (Lipinski definition) is 5. The van der Waals surface area contributed by atoms with E-state index in [0.29, 0.717) is 17.9 Å². The summed E-state index contributed by atoms with van der Waals surface area (Å²) in [5.74, 6) is -0.316. The van der Waals surface area contributed by atoms with Crippen LogP contribution in [0.3, 0.4) is 0 Å². The van der Waals surface area contributed by atoms with Crippen LogP contribution in [0.5, 0.6) is 0 Å². The van der Waals surface area contributed by atoms with Gasteiger partial charge in [0.05, 0.1) is 16.4 Å². The number of carbonyl (C=O) groups is 1. The molecule has 0 heterocycles. The van der Waals surface area contributed by atoms with Gasteiger partial charge in [0.1, 0.15) is 5.25 Å². The van der Waals surface area contributed by atoms with Gasteiger partial charge in [-0.3, -0.25) is 14.9 Å². The van der Waals surface area contributed by atoms with Crippen LogP contribution < -0.4 is 0 Å². The molecular formula is C21H25NO4S. The van der Waals surface area contributed by atoms with Gasteiger partial charge in [0.15, 0.2) is 0 Å². The normalized spacial score (nSPS) is 11.8. The predicted molar refractivity (Wildman–Crippen MR) is 108 cm³/mol. The molecule has 6 heteroatoms. The standard InChI is InChI=1S/C21H25NO4S/c1-4-26-21(23)19(10-6-8-17-13-11-15(2)12-14-17)27-20-16(3)7-5-9-18(20)22(24)25/h5,7,9,11-14,19H,4,6,8,10H2,1-3H3/t19-/m0/s1. The quantitative estimate of drug-likeness (QED) is 0.254. The van der Waals surface area contributed by atoms with Crippen molar-refractivity contribution >= 4 is 23.4 Å². The second kappa shape index (κ2) is 10.1. The number of benzene rings is 2. The molecule has 144 valence electrons. The third-order valence-corrected chi connectivity index (χ3v) is 5.73. The van der Waals surface area contributed by atoms with E-state index in [1.807, 2.05) is 19.9 Å². The van der Waals surface area contributed by atoms with Crippen molar-refractivity contribution in [1.82, 2.24) is 0 Å². The van der Waals surface area contributed by atoms with Gasteiger partial charge in [-0.25, -0.2) is 0 Å². The van der Waals surface area contributed by atoms with Crippen LogP contribution in [0.1, 0.15) is 36.5 Å². The monoisotopic (exact) mass is 387 g/mol. The minimum absolute atomic E-state index is 0.0350. The maximum atomic E-state index is 12.4. The minimum Gasteiger partial charge on any atom is -0.465 e. The van der Waals surface area contributed by atoms with Gasteiger partial charge in [-0.1, -0.05) is 42.0 Å². The number of nitro groups is 1. The molecule has 0 aliphatic carbocycles. The number of rotatable bonds is 9. The summed E-state index contributed by atoms with van der Waals surface area (Å²) < 4.78 is 5.21. The Morgan fingerprint density at radius 1 is 1.19 bits per heavy atom. The Kier molecular flexibility index (Phi) is 7.85. The minimum atomic E-state index is -0.463. The van der Waals surface area contributed by atoms with Gasteiger partial charge in [-0.15, -0.1) is 11.8 Å². The molecule has 0 unspecified atom stereocenters. The van der Waals surface area contributed by atoms with Crippen LogP contribution in [0.4, 0.5) is 5.69 Å². The number of carbonyl (C=O) groups excluding carboxylic acids is 1. The zero-order valence-corrected chi connectivity index (χ0v) is 16.8. The molecule has 2 rings (SSSR count). The molecule has 5 nitrogen and oxygen atoms in total. The van der Waals surface area contributed by atoms with E-state index in [-0.39, 0.29) is 11.7 Å². The van der Waals surface area contributed by atoms with Crippen LogP contribution >= 0.6 is 11.8 Å². The molecule has 0 saturated heterocycles. The van der Waals surface area contributed by atoms with Crippen molar-refractivity contribution in [2.45, 2.75) is 50.2 Å². The highest BCUT2D eigenvalue weighted by molar-refractivity contribution is 8.00. The maximum absolute atomic E-state index is 12.4. The summed E-state index contributed by atoms with van der Waals surface area (Å²) >= 11 is 1.24. The fourth-order valence-electron chi connectivity index (χ4n) is 2.78. The summed E-state index contributed by atoms with van der Waals surface area (Å²) in [7, 11) is 0. The third kappa shape index (κ3) is 6.10. The fourth-order valence-corrected chi connectivity index (χ4v) is 4.03. The molecule has 0 saturated carbocycles. The highest BCUT2D eigenvalue weighted by Gasteiger charge is 2.26. The van der Waals surface area contributed by atoms with E-state index < -0.39 is 10.2 Å². The van der Waals surface area contributed by atoms with Crippen molar-refractivity contribution in [3.63, 3.8) is 0 Å². The van der Waals surface area contributed by atoms with E-state index in [0.717, 1.165) is 18.4 Å². The number of nitrogens with zero attached hydrogens (tertiary/aromatic N) is 1. The zero-order valence-electron chi connectivity index (χ0n) is 15.9. The molecule has 1 atom stereocenters. The summed E-state index contributed by atoms with van der Waals surface area (Å²) in [6.07, 6.45) is 2.26. The largest absolute Gasteiger partial charge is 0.465 e. The average Bonchev–Trinajstić information content (AvgIpc) is 2.63. The van der Waals surface area contributed by atoms with Gasteiger partial charge < -0.3 is 4.74 Å². The molecule has 2 aromatic rings. The molecule has 0 aliphatic heterocycles. The number of esters is 1. The summed E-state index contributed by atoms with van der Waals surface area (Å²) in [5.41, 5.74) is 3.26. The van der Waals surface area contributed by atoms with E-state index in [1.54, 1.807) is 13.0 Å². The molecular weight excluding hydrogens is 362 g/mol. The van der Waals surface area contributed by atoms with Crippen molar-refractivity contribution in [3.8, 4) is 0 Å². The van der Waals surface area contributed by atoms with Crippen molar-refractivity contribution < 1.29 is 14.5 Å². The van der Waals surface area contributed by atoms with Crippen LogP contribution in [-0.2, 0) is 16.0 Å². The summed E-state index contributed by atoms with van der Waals surface area (Å²) in [4.78, 5) is 23.9. The van der Waals surface area contributed by atoms with Gasteiger partial charge in [-0.2, -0.15) is 0 Å². The molecule has 0 aromatic heterocycles. The van der Waals surface area contributed by atoms with Gasteiger partial charge in [0, 0.05) is 6.07 Å². The van der Waals surface area contributed by atoms with Crippen LogP contribution in [-0.4, -0.2) is 22.7 Å². The van der Waals surface area contributed by atoms with Crippen molar-refractivity contribution in [2.75, 3.05) is 6.61 Å². The van der Waals surface area contributed by atoms with E-state index in [9.17, 15) is 14.9 Å². The molecule has 0 aliphatic rings. The SMILES string of the molecule is CCOC(=O)[C@H](CCCc1ccc(C)cc1)Sc1c(C)cccc1[N+](=O)[O-]. The number of ether oxygens (including phenoxy) is 1. The predicted octanol–water partition coefficient (Wildman–Crippen LogP) is 5.26. The molecule has 0 radical (unpaired) electrons. The molecule has 0 amide bonds. The summed E-state index contributed by atoms with van der Waals surface area (Å²) in [6, 6.07) is 13.3. The first-order chi connectivity index (χ1) is 12.9. The topological polar surface area (TPSA) is 69.4 Å². The Morgan fingerprint density at radius 3 is 2.52 bits per heavy atom. The second-order valence-corrected chi connectivity index (χ2v) is 7.63. The Balaban J connectivity index is 2.12. The van der Waals surface area contributed by atoms with Gasteiger partial charge in [-0.05, 0) is 51.2 Å². The molecule has 2 aromatic carbocycles. The lowest BCUT2D eigenvalue weighted by Gasteiger charge is -2.16. The van der Waals surface area contributed by atoms with E-state index in [1.165, 1.54) is 29.0 Å². The lowest BCUT2D eigenvalue weighted by molar-refractivity contribution is -0.387. The van der Waals surface area contributed by atoms with Crippen LogP contribution in [0.15, 0.2) is 47.4 Å². The number of thioether (sulfide) groups is 1. The van der Waals surface area contributed by atoms with Crippen LogP contribution in [0, 0.1) is 24.0 Å². The van der Waals surface area contributed by atoms with Gasteiger partial charge in [0.25, 0.3) is 5.69 Å². The zero-order chi connectivity index (χ0) is 19.8. The Morgan fingerprint density at radius 2 is 1.89 bits per heavy atom. The van der Waals surface area contributed by atoms with Crippen molar-refractivity contribution in [3.05, 3.63) is 69.3 Å². The Hall–Kier alpha value is -2.34. The van der Waals surface area contributed by atoms with Crippen LogP contribution in [0.25, 0.3) is 0 Å². The Labute approximate surface area is 164 Å². The lowest BCUT2D eigenvalue weighted by atomic mass is 10.1. The van der Waals surface area contributed by atoms with Crippen molar-refractivity contribution in [2.24, 2.45) is 0 Å². The van der Waals surface area contributed by atoms with Gasteiger partial charge >= 0.3 is 5.97 Å². The Bertz CT molecular complexity index is 789. The van der Waals surface area contributed by atoms with E-state index in [2.05, 4.69) is 24.3 Å². The molecule has 0 spiro atoms. The first-order valence-corrected chi connectivity index (χ1v) is 9.93. The first-order valence-electron chi connectivity index (χ1n) is 9.05. The average molecular weight is 388 g/mol. The number of nitro benzene ring substituents is 1. The third-order valence-electron chi connectivity index (χ3n) is 4.25. The first kappa shape index (κ1) is 21.0. The molecule has 27 heavy (non-hydrogen) atoms. The molecule has 0 bridgehead atoms. The lowest BCUT2D eigenvalue weighted by Crippen LogP contribution is -2.21. The highest BCUT2D eigenvalue weighted by Crippen LogP contribution is 2.37. The molecule has 0 N–H and O–H groups in total. The van der Waals surface area contributed by atoms with Crippen LogP contribution in [0.2, 0.25) is 0 Å². The van der Waals surface area contributed by atoms with E-state index >= 15 is 0 Å². The second-order valence-electron chi connectivity index (χ2n) is 6.42. The van der Waals surface area contributed by atoms with Crippen molar-refractivity contribution in [1.29, 1.82) is 0 Å².